The van der Waals surface area contributed by atoms with Gasteiger partial charge >= 0.3 is 0 Å². The molecule has 0 spiro atoms. The number of anilines is 3. The Kier molecular flexibility index (Phi) is 6.49. The Hall–Kier alpha value is -1.99. The van der Waals surface area contributed by atoms with Crippen molar-refractivity contribution in [2.24, 2.45) is 0 Å². The van der Waals surface area contributed by atoms with Crippen LogP contribution < -0.4 is 20.3 Å². The normalized spacial score (nSPS) is 14.3. The zero-order valence-electron chi connectivity index (χ0n) is 12.9. The van der Waals surface area contributed by atoms with Crippen LogP contribution in [0.3, 0.4) is 0 Å². The minimum atomic E-state index is -0.184. The second-order valence-electron chi connectivity index (χ2n) is 4.92. The number of nitrogens with zero attached hydrogens (tertiary/aromatic N) is 1. The predicted octanol–water partition coefficient (Wildman–Crippen LogP) is 1.67. The second-order valence-corrected chi connectivity index (χ2v) is 5.30. The first kappa shape index (κ1) is 17.4. The van der Waals surface area contributed by atoms with Crippen molar-refractivity contribution >= 4 is 41.0 Å². The summed E-state index contributed by atoms with van der Waals surface area (Å²) in [6.07, 6.45) is 0.781. The van der Waals surface area contributed by atoms with E-state index in [1.54, 1.807) is 12.1 Å². The molecule has 1 saturated heterocycles. The summed E-state index contributed by atoms with van der Waals surface area (Å²) in [6.45, 7) is 2.65. The first-order valence-corrected chi connectivity index (χ1v) is 7.83. The van der Waals surface area contributed by atoms with Gasteiger partial charge in [-0.05, 0) is 6.07 Å². The van der Waals surface area contributed by atoms with Gasteiger partial charge in [0.1, 0.15) is 5.75 Å². The number of carbonyl (C=O) groups excluding carboxylic acids is 2. The lowest BCUT2D eigenvalue weighted by Crippen LogP contribution is -2.36. The van der Waals surface area contributed by atoms with E-state index in [-0.39, 0.29) is 18.2 Å². The van der Waals surface area contributed by atoms with Crippen LogP contribution in [0.15, 0.2) is 12.1 Å². The number of hydrogen-bond donors (Lipinski definition) is 2. The number of nitrogens with one attached hydrogen (secondary N) is 2. The Morgan fingerprint density at radius 1 is 1.39 bits per heavy atom. The van der Waals surface area contributed by atoms with Crippen molar-refractivity contribution in [2.45, 2.75) is 6.42 Å². The highest BCUT2D eigenvalue weighted by Gasteiger charge is 2.19. The maximum absolute atomic E-state index is 11.9. The molecule has 1 aliphatic heterocycles. The second kappa shape index (κ2) is 8.59. The van der Waals surface area contributed by atoms with Gasteiger partial charge in [-0.3, -0.25) is 9.59 Å². The van der Waals surface area contributed by atoms with Crippen molar-refractivity contribution in [1.29, 1.82) is 0 Å². The number of alkyl halides is 1. The van der Waals surface area contributed by atoms with E-state index < -0.39 is 0 Å². The van der Waals surface area contributed by atoms with Crippen LogP contribution in [0.5, 0.6) is 5.75 Å². The average molecular weight is 342 g/mol. The van der Waals surface area contributed by atoms with Crippen molar-refractivity contribution < 1.29 is 19.1 Å². The van der Waals surface area contributed by atoms with Gasteiger partial charge in [-0.15, -0.1) is 11.6 Å². The number of methoxy groups -OCH3 is 1. The quantitative estimate of drug-likeness (QED) is 0.582. The number of amides is 2. The molecule has 0 saturated carbocycles. The molecule has 0 atom stereocenters. The molecule has 0 aliphatic carbocycles. The Balaban J connectivity index is 2.38. The monoisotopic (exact) mass is 341 g/mol. The van der Waals surface area contributed by atoms with E-state index in [1.165, 1.54) is 7.11 Å². The summed E-state index contributed by atoms with van der Waals surface area (Å²) in [7, 11) is 1.53. The molecule has 1 aromatic carbocycles. The largest absolute Gasteiger partial charge is 0.494 e. The Labute approximate surface area is 139 Å². The smallest absolute Gasteiger partial charge is 0.225 e. The maximum atomic E-state index is 11.9. The lowest BCUT2D eigenvalue weighted by atomic mass is 10.1. The minimum absolute atomic E-state index is 0.184. The number of halogens is 1. The number of carbonyl (C=O) groups is 2. The molecular formula is C15H20ClN3O4. The maximum Gasteiger partial charge on any atom is 0.225 e. The molecule has 7 nitrogen and oxygen atoms in total. The first-order chi connectivity index (χ1) is 11.2. The highest BCUT2D eigenvalue weighted by Crippen LogP contribution is 2.37. The molecule has 2 N–H and O–H groups in total. The molecule has 1 aliphatic rings. The van der Waals surface area contributed by atoms with E-state index in [9.17, 15) is 9.59 Å². The van der Waals surface area contributed by atoms with Crippen LogP contribution in [-0.2, 0) is 14.3 Å². The highest BCUT2D eigenvalue weighted by molar-refractivity contribution is 6.19. The SMILES string of the molecule is COc1cc(N2CCOCC2)c(NC(=O)CCCl)cc1NC=O. The Morgan fingerprint density at radius 2 is 2.13 bits per heavy atom. The van der Waals surface area contributed by atoms with E-state index in [2.05, 4.69) is 15.5 Å². The summed E-state index contributed by atoms with van der Waals surface area (Å²) in [5, 5.41) is 5.42. The third-order valence-electron chi connectivity index (χ3n) is 3.48. The van der Waals surface area contributed by atoms with E-state index >= 15 is 0 Å². The molecule has 2 rings (SSSR count). The summed E-state index contributed by atoms with van der Waals surface area (Å²) >= 11 is 5.61. The Morgan fingerprint density at radius 3 is 2.74 bits per heavy atom. The van der Waals surface area contributed by atoms with Crippen LogP contribution in [0.4, 0.5) is 17.1 Å². The summed E-state index contributed by atoms with van der Waals surface area (Å²) < 4.78 is 10.7. The van der Waals surface area contributed by atoms with E-state index in [0.717, 1.165) is 5.69 Å². The van der Waals surface area contributed by atoms with Crippen molar-refractivity contribution in [3.8, 4) is 5.75 Å². The molecule has 0 aromatic heterocycles. The van der Waals surface area contributed by atoms with Crippen LogP contribution in [-0.4, -0.2) is 51.6 Å². The molecule has 1 fully saturated rings. The van der Waals surface area contributed by atoms with Gasteiger partial charge in [0.05, 0.1) is 37.4 Å². The summed E-state index contributed by atoms with van der Waals surface area (Å²) in [6, 6.07) is 3.48. The Bertz CT molecular complexity index is 562. The standard InChI is InChI=1S/C15H20ClN3O4/c1-22-14-9-13(19-4-6-23-7-5-19)11(8-12(14)17-10-20)18-15(21)2-3-16/h8-10H,2-7H2,1H3,(H,17,20)(H,18,21). The van der Waals surface area contributed by atoms with Crippen LogP contribution in [0.1, 0.15) is 6.42 Å². The first-order valence-electron chi connectivity index (χ1n) is 7.30. The summed E-state index contributed by atoms with van der Waals surface area (Å²) in [5.41, 5.74) is 1.91. The van der Waals surface area contributed by atoms with E-state index in [1.807, 2.05) is 0 Å². The van der Waals surface area contributed by atoms with Crippen LogP contribution in [0.2, 0.25) is 0 Å². The highest BCUT2D eigenvalue weighted by atomic mass is 35.5. The van der Waals surface area contributed by atoms with Gasteiger partial charge in [-0.25, -0.2) is 0 Å². The number of hydrogen-bond acceptors (Lipinski definition) is 5. The predicted molar refractivity (Wildman–Crippen MR) is 89.7 cm³/mol. The molecule has 0 radical (unpaired) electrons. The zero-order chi connectivity index (χ0) is 16.7. The molecular weight excluding hydrogens is 322 g/mol. The van der Waals surface area contributed by atoms with Crippen molar-refractivity contribution in [2.75, 3.05) is 54.8 Å². The number of rotatable bonds is 7. The zero-order valence-corrected chi connectivity index (χ0v) is 13.7. The lowest BCUT2D eigenvalue weighted by molar-refractivity contribution is -0.115. The van der Waals surface area contributed by atoms with Crippen LogP contribution in [0, 0.1) is 0 Å². The van der Waals surface area contributed by atoms with Gasteiger partial charge in [0.15, 0.2) is 0 Å². The molecule has 1 heterocycles. The third kappa shape index (κ3) is 4.49. The fourth-order valence-corrected chi connectivity index (χ4v) is 2.55. The van der Waals surface area contributed by atoms with Crippen molar-refractivity contribution in [3.05, 3.63) is 12.1 Å². The number of morpholine rings is 1. The van der Waals surface area contributed by atoms with Crippen molar-refractivity contribution in [3.63, 3.8) is 0 Å². The molecule has 1 aromatic rings. The minimum Gasteiger partial charge on any atom is -0.494 e. The van der Waals surface area contributed by atoms with Gasteiger partial charge < -0.3 is 25.0 Å². The summed E-state index contributed by atoms with van der Waals surface area (Å²) in [4.78, 5) is 24.8. The van der Waals surface area contributed by atoms with Gasteiger partial charge in [-0.1, -0.05) is 0 Å². The molecule has 8 heteroatoms. The number of ether oxygens (including phenoxy) is 2. The van der Waals surface area contributed by atoms with Gasteiger partial charge in [0.25, 0.3) is 0 Å². The molecule has 0 unspecified atom stereocenters. The van der Waals surface area contributed by atoms with Crippen LogP contribution in [0.25, 0.3) is 0 Å². The summed E-state index contributed by atoms with van der Waals surface area (Å²) in [5.74, 6) is 0.583. The van der Waals surface area contributed by atoms with Gasteiger partial charge in [0, 0.05) is 31.5 Å². The topological polar surface area (TPSA) is 79.9 Å². The molecule has 2 amide bonds. The van der Waals surface area contributed by atoms with Crippen molar-refractivity contribution in [1.82, 2.24) is 0 Å². The number of benzene rings is 1. The van der Waals surface area contributed by atoms with E-state index in [0.29, 0.717) is 49.8 Å². The van der Waals surface area contributed by atoms with Gasteiger partial charge in [-0.2, -0.15) is 0 Å². The van der Waals surface area contributed by atoms with E-state index in [4.69, 9.17) is 21.1 Å². The van der Waals surface area contributed by atoms with Gasteiger partial charge in [0.2, 0.25) is 12.3 Å². The lowest BCUT2D eigenvalue weighted by Gasteiger charge is -2.31. The molecule has 126 valence electrons. The van der Waals surface area contributed by atoms with Crippen LogP contribution >= 0.6 is 11.6 Å². The molecule has 0 bridgehead atoms. The fourth-order valence-electron chi connectivity index (χ4n) is 2.38. The average Bonchev–Trinajstić information content (AvgIpc) is 2.56. The third-order valence-corrected chi connectivity index (χ3v) is 3.67. The molecule has 23 heavy (non-hydrogen) atoms. The fraction of sp³-hybridized carbons (Fsp3) is 0.467.